The molecule has 1 aliphatic heterocycles. The van der Waals surface area contributed by atoms with Crippen LogP contribution in [0.2, 0.25) is 0 Å². The Morgan fingerprint density at radius 3 is 2.95 bits per heavy atom. The van der Waals surface area contributed by atoms with Crippen LogP contribution in [0.3, 0.4) is 0 Å². The third-order valence-corrected chi connectivity index (χ3v) is 4.00. The van der Waals surface area contributed by atoms with Gasteiger partial charge in [0.2, 0.25) is 18.2 Å². The Balaban J connectivity index is 1.79. The number of anilines is 1. The van der Waals surface area contributed by atoms with Gasteiger partial charge in [-0.25, -0.2) is 0 Å². The van der Waals surface area contributed by atoms with Crippen molar-refractivity contribution in [1.29, 1.82) is 0 Å². The molecule has 2 N–H and O–H groups in total. The van der Waals surface area contributed by atoms with Crippen LogP contribution in [-0.2, 0) is 4.79 Å². The van der Waals surface area contributed by atoms with Crippen molar-refractivity contribution in [1.82, 2.24) is 15.5 Å². The van der Waals surface area contributed by atoms with Crippen molar-refractivity contribution in [3.8, 4) is 11.5 Å². The summed E-state index contributed by atoms with van der Waals surface area (Å²) in [4.78, 5) is 12.4. The first-order valence-electron chi connectivity index (χ1n) is 6.98. The Hall–Kier alpha value is -2.21. The molecular formula is C15H18N4O2. The lowest BCUT2D eigenvalue weighted by atomic mass is 9.88. The summed E-state index contributed by atoms with van der Waals surface area (Å²) >= 11 is 0. The number of carbonyl (C=O) groups excluding carboxylic acids is 1. The van der Waals surface area contributed by atoms with E-state index in [1.165, 1.54) is 6.39 Å². The number of amides is 1. The van der Waals surface area contributed by atoms with Crippen LogP contribution in [0.25, 0.3) is 11.5 Å². The highest BCUT2D eigenvalue weighted by molar-refractivity contribution is 5.96. The van der Waals surface area contributed by atoms with Crippen LogP contribution in [0, 0.1) is 12.3 Å². The van der Waals surface area contributed by atoms with Crippen LogP contribution in [-0.4, -0.2) is 29.2 Å². The standard InChI is InChI=1S/C15H18N4O2/c1-10-7-11(13-19-17-9-21-13)3-4-12(10)18-14(20)15(2)5-6-16-8-15/h3-4,7,9,16H,5-6,8H2,1-2H3,(H,18,20). The van der Waals surface area contributed by atoms with Gasteiger partial charge in [-0.15, -0.1) is 10.2 Å². The zero-order chi connectivity index (χ0) is 14.9. The first-order valence-corrected chi connectivity index (χ1v) is 6.98. The summed E-state index contributed by atoms with van der Waals surface area (Å²) in [6.45, 7) is 5.55. The van der Waals surface area contributed by atoms with Gasteiger partial charge in [-0.05, 0) is 50.6 Å². The molecule has 1 aliphatic rings. The van der Waals surface area contributed by atoms with Gasteiger partial charge in [-0.1, -0.05) is 0 Å². The molecule has 1 saturated heterocycles. The number of nitrogens with zero attached hydrogens (tertiary/aromatic N) is 2. The van der Waals surface area contributed by atoms with Crippen molar-refractivity contribution in [2.75, 3.05) is 18.4 Å². The Morgan fingerprint density at radius 2 is 2.33 bits per heavy atom. The molecule has 1 unspecified atom stereocenters. The van der Waals surface area contributed by atoms with Gasteiger partial charge in [-0.3, -0.25) is 4.79 Å². The zero-order valence-electron chi connectivity index (χ0n) is 12.1. The lowest BCUT2D eigenvalue weighted by Gasteiger charge is -2.22. The van der Waals surface area contributed by atoms with Gasteiger partial charge in [0.15, 0.2) is 0 Å². The Kier molecular flexibility index (Phi) is 3.47. The van der Waals surface area contributed by atoms with E-state index in [0.717, 1.165) is 36.3 Å². The van der Waals surface area contributed by atoms with E-state index in [1.54, 1.807) is 0 Å². The lowest BCUT2D eigenvalue weighted by molar-refractivity contribution is -0.123. The summed E-state index contributed by atoms with van der Waals surface area (Å²) in [7, 11) is 0. The Labute approximate surface area is 123 Å². The van der Waals surface area contributed by atoms with Gasteiger partial charge >= 0.3 is 0 Å². The van der Waals surface area contributed by atoms with Gasteiger partial charge in [0.05, 0.1) is 5.41 Å². The number of aryl methyl sites for hydroxylation is 1. The number of benzene rings is 1. The second-order valence-corrected chi connectivity index (χ2v) is 5.72. The van der Waals surface area contributed by atoms with Crippen LogP contribution in [0.1, 0.15) is 18.9 Å². The monoisotopic (exact) mass is 286 g/mol. The number of hydrogen-bond donors (Lipinski definition) is 2. The molecule has 1 atom stereocenters. The van der Waals surface area contributed by atoms with E-state index in [2.05, 4.69) is 20.8 Å². The first kappa shape index (κ1) is 13.8. The summed E-state index contributed by atoms with van der Waals surface area (Å²) < 4.78 is 5.17. The SMILES string of the molecule is Cc1cc(-c2nnco2)ccc1NC(=O)C1(C)CCNC1. The van der Waals surface area contributed by atoms with Crippen molar-refractivity contribution < 1.29 is 9.21 Å². The summed E-state index contributed by atoms with van der Waals surface area (Å²) in [5, 5.41) is 13.8. The molecule has 1 aromatic heterocycles. The van der Waals surface area contributed by atoms with Crippen LogP contribution in [0.5, 0.6) is 0 Å². The summed E-state index contributed by atoms with van der Waals surface area (Å²) in [5.74, 6) is 0.532. The summed E-state index contributed by atoms with van der Waals surface area (Å²) in [5.41, 5.74) is 2.29. The molecular weight excluding hydrogens is 268 g/mol. The van der Waals surface area contributed by atoms with Crippen molar-refractivity contribution >= 4 is 11.6 Å². The molecule has 3 rings (SSSR count). The molecule has 2 heterocycles. The number of aromatic nitrogens is 2. The van der Waals surface area contributed by atoms with Gasteiger partial charge in [0, 0.05) is 17.8 Å². The minimum absolute atomic E-state index is 0.0566. The zero-order valence-corrected chi connectivity index (χ0v) is 12.1. The number of nitrogens with one attached hydrogen (secondary N) is 2. The smallest absolute Gasteiger partial charge is 0.247 e. The van der Waals surface area contributed by atoms with Crippen LogP contribution in [0.4, 0.5) is 5.69 Å². The molecule has 21 heavy (non-hydrogen) atoms. The maximum Gasteiger partial charge on any atom is 0.247 e. The van der Waals surface area contributed by atoms with Crippen LogP contribution in [0.15, 0.2) is 29.0 Å². The van der Waals surface area contributed by atoms with Gasteiger partial charge in [-0.2, -0.15) is 0 Å². The molecule has 6 nitrogen and oxygen atoms in total. The second-order valence-electron chi connectivity index (χ2n) is 5.72. The van der Waals surface area contributed by atoms with Crippen LogP contribution >= 0.6 is 0 Å². The summed E-state index contributed by atoms with van der Waals surface area (Å²) in [6.07, 6.45) is 2.16. The number of rotatable bonds is 3. The third-order valence-electron chi connectivity index (χ3n) is 4.00. The molecule has 0 bridgehead atoms. The highest BCUT2D eigenvalue weighted by Gasteiger charge is 2.36. The molecule has 1 amide bonds. The average molecular weight is 286 g/mol. The predicted molar refractivity (Wildman–Crippen MR) is 78.7 cm³/mol. The number of carbonyl (C=O) groups is 1. The highest BCUT2D eigenvalue weighted by atomic mass is 16.4. The Morgan fingerprint density at radius 1 is 1.48 bits per heavy atom. The van der Waals surface area contributed by atoms with E-state index in [4.69, 9.17) is 4.42 Å². The van der Waals surface area contributed by atoms with E-state index in [9.17, 15) is 4.79 Å². The highest BCUT2D eigenvalue weighted by Crippen LogP contribution is 2.28. The van der Waals surface area contributed by atoms with Crippen LogP contribution < -0.4 is 10.6 Å². The van der Waals surface area contributed by atoms with Gasteiger partial charge < -0.3 is 15.1 Å². The fourth-order valence-electron chi connectivity index (χ4n) is 2.52. The average Bonchev–Trinajstić information content (AvgIpc) is 3.13. The maximum atomic E-state index is 12.4. The topological polar surface area (TPSA) is 80.1 Å². The fourth-order valence-corrected chi connectivity index (χ4v) is 2.52. The van der Waals surface area contributed by atoms with Gasteiger partial charge in [0.1, 0.15) is 0 Å². The molecule has 110 valence electrons. The molecule has 1 aromatic carbocycles. The van der Waals surface area contributed by atoms with E-state index in [-0.39, 0.29) is 11.3 Å². The first-order chi connectivity index (χ1) is 10.1. The van der Waals surface area contributed by atoms with E-state index in [0.29, 0.717) is 5.89 Å². The molecule has 2 aromatic rings. The van der Waals surface area contributed by atoms with Crippen molar-refractivity contribution in [2.24, 2.45) is 5.41 Å². The molecule has 1 fully saturated rings. The normalized spacial score (nSPS) is 21.4. The molecule has 0 aliphatic carbocycles. The Bertz CT molecular complexity index is 646. The largest absolute Gasteiger partial charge is 0.423 e. The minimum atomic E-state index is -0.336. The number of hydrogen-bond acceptors (Lipinski definition) is 5. The van der Waals surface area contributed by atoms with E-state index >= 15 is 0 Å². The maximum absolute atomic E-state index is 12.4. The molecule has 0 saturated carbocycles. The lowest BCUT2D eigenvalue weighted by Crippen LogP contribution is -2.35. The minimum Gasteiger partial charge on any atom is -0.423 e. The van der Waals surface area contributed by atoms with E-state index < -0.39 is 0 Å². The predicted octanol–water partition coefficient (Wildman–Crippen LogP) is 1.98. The summed E-state index contributed by atoms with van der Waals surface area (Å²) in [6, 6.07) is 5.67. The molecule has 6 heteroatoms. The third kappa shape index (κ3) is 2.67. The van der Waals surface area contributed by atoms with Crippen molar-refractivity contribution in [2.45, 2.75) is 20.3 Å². The fraction of sp³-hybridized carbons (Fsp3) is 0.400. The van der Waals surface area contributed by atoms with E-state index in [1.807, 2.05) is 32.0 Å². The van der Waals surface area contributed by atoms with Gasteiger partial charge in [0.25, 0.3) is 0 Å². The molecule has 0 radical (unpaired) electrons. The van der Waals surface area contributed by atoms with Crippen molar-refractivity contribution in [3.05, 3.63) is 30.2 Å². The second kappa shape index (κ2) is 5.29. The van der Waals surface area contributed by atoms with Crippen molar-refractivity contribution in [3.63, 3.8) is 0 Å². The quantitative estimate of drug-likeness (QED) is 0.902. The molecule has 0 spiro atoms.